The Morgan fingerprint density at radius 3 is 2.94 bits per heavy atom. The highest BCUT2D eigenvalue weighted by atomic mass is 35.5. The third kappa shape index (κ3) is 1.58. The molecular weight excluding hydrogens is 234 g/mol. The van der Waals surface area contributed by atoms with Crippen LogP contribution in [0.2, 0.25) is 0 Å². The highest BCUT2D eigenvalue weighted by Crippen LogP contribution is 2.02. The van der Waals surface area contributed by atoms with Gasteiger partial charge in [0.1, 0.15) is 6.33 Å². The van der Waals surface area contributed by atoms with Crippen LogP contribution >= 0.6 is 11.6 Å². The van der Waals surface area contributed by atoms with Crippen molar-refractivity contribution in [3.63, 3.8) is 0 Å². The summed E-state index contributed by atoms with van der Waals surface area (Å²) < 4.78 is 2.29. The van der Waals surface area contributed by atoms with Gasteiger partial charge in [-0.3, -0.25) is 4.79 Å². The third-order valence-corrected chi connectivity index (χ3v) is 2.22. The molecule has 0 aliphatic rings. The van der Waals surface area contributed by atoms with Crippen molar-refractivity contribution in [2.75, 3.05) is 5.88 Å². The maximum Gasteiger partial charge on any atom is 0.353 e. The first-order chi connectivity index (χ1) is 7.65. The van der Waals surface area contributed by atoms with E-state index in [0.717, 1.165) is 4.68 Å². The van der Waals surface area contributed by atoms with Crippen molar-refractivity contribution in [3.05, 3.63) is 22.5 Å². The summed E-state index contributed by atoms with van der Waals surface area (Å²) in [7, 11) is 0. The SMILES string of the molecule is CC(=O)c1ncn2c(=O)n(CCCl)nnc12. The molecule has 2 aromatic heterocycles. The fourth-order valence-electron chi connectivity index (χ4n) is 1.31. The fraction of sp³-hybridized carbons (Fsp3) is 0.375. The van der Waals surface area contributed by atoms with Gasteiger partial charge in [-0.1, -0.05) is 5.21 Å². The zero-order valence-corrected chi connectivity index (χ0v) is 9.18. The molecule has 0 aromatic carbocycles. The molecule has 0 spiro atoms. The van der Waals surface area contributed by atoms with E-state index in [1.807, 2.05) is 0 Å². The lowest BCUT2D eigenvalue weighted by atomic mass is 10.3. The van der Waals surface area contributed by atoms with Gasteiger partial charge in [-0.05, 0) is 0 Å². The molecule has 16 heavy (non-hydrogen) atoms. The Morgan fingerprint density at radius 2 is 2.31 bits per heavy atom. The molecule has 0 atom stereocenters. The van der Waals surface area contributed by atoms with E-state index in [1.54, 1.807) is 0 Å². The number of aromatic nitrogens is 5. The summed E-state index contributed by atoms with van der Waals surface area (Å²) in [6.45, 7) is 1.62. The van der Waals surface area contributed by atoms with Gasteiger partial charge in [-0.15, -0.1) is 16.7 Å². The number of hydrogen-bond donors (Lipinski definition) is 0. The number of rotatable bonds is 3. The predicted molar refractivity (Wildman–Crippen MR) is 55.8 cm³/mol. The molecule has 0 saturated heterocycles. The number of Topliss-reactive ketones (excluding diaryl/α,β-unsaturated/α-hetero) is 1. The van der Waals surface area contributed by atoms with Crippen LogP contribution < -0.4 is 5.69 Å². The molecule has 2 heterocycles. The maximum atomic E-state index is 11.8. The van der Waals surface area contributed by atoms with Gasteiger partial charge < -0.3 is 0 Å². The molecule has 84 valence electrons. The number of ketones is 1. The predicted octanol–water partition coefficient (Wildman–Crippen LogP) is -0.273. The summed E-state index contributed by atoms with van der Waals surface area (Å²) in [5.41, 5.74) is -0.100. The molecule has 0 fully saturated rings. The summed E-state index contributed by atoms with van der Waals surface area (Å²) in [5.74, 6) is 0.000228. The maximum absolute atomic E-state index is 11.8. The standard InChI is InChI=1S/C8H8ClN5O2/c1-5(15)6-7-11-12-14(3-2-9)8(16)13(7)4-10-6/h4H,2-3H2,1H3. The molecule has 0 amide bonds. The monoisotopic (exact) mass is 241 g/mol. The van der Waals surface area contributed by atoms with E-state index in [0.29, 0.717) is 0 Å². The number of alkyl halides is 1. The van der Waals surface area contributed by atoms with Crippen LogP contribution in [0, 0.1) is 0 Å². The first-order valence-electron chi connectivity index (χ1n) is 4.53. The smallest absolute Gasteiger partial charge is 0.293 e. The Labute approximate surface area is 94.7 Å². The lowest BCUT2D eigenvalue weighted by molar-refractivity contribution is 0.101. The largest absolute Gasteiger partial charge is 0.353 e. The average Bonchev–Trinajstić information content (AvgIpc) is 2.67. The van der Waals surface area contributed by atoms with Crippen LogP contribution in [0.4, 0.5) is 0 Å². The highest BCUT2D eigenvalue weighted by molar-refractivity contribution is 6.17. The number of imidazole rings is 1. The van der Waals surface area contributed by atoms with Gasteiger partial charge in [0.2, 0.25) is 0 Å². The molecular formula is C8H8ClN5O2. The second-order valence-corrected chi connectivity index (χ2v) is 3.51. The van der Waals surface area contributed by atoms with E-state index in [9.17, 15) is 9.59 Å². The second-order valence-electron chi connectivity index (χ2n) is 3.13. The van der Waals surface area contributed by atoms with Crippen LogP contribution in [0.3, 0.4) is 0 Å². The minimum Gasteiger partial charge on any atom is -0.293 e. The van der Waals surface area contributed by atoms with Crippen LogP contribution in [0.15, 0.2) is 11.1 Å². The molecule has 0 aliphatic carbocycles. The number of halogens is 1. The topological polar surface area (TPSA) is 82.2 Å². The first kappa shape index (κ1) is 10.7. The van der Waals surface area contributed by atoms with E-state index in [2.05, 4.69) is 15.3 Å². The van der Waals surface area contributed by atoms with Crippen molar-refractivity contribution in [1.29, 1.82) is 0 Å². The van der Waals surface area contributed by atoms with Crippen LogP contribution in [-0.2, 0) is 6.54 Å². The zero-order valence-electron chi connectivity index (χ0n) is 8.42. The minimum atomic E-state index is -0.411. The van der Waals surface area contributed by atoms with Crippen molar-refractivity contribution >= 4 is 23.0 Å². The van der Waals surface area contributed by atoms with Crippen LogP contribution in [0.1, 0.15) is 17.4 Å². The van der Waals surface area contributed by atoms with E-state index in [4.69, 9.17) is 11.6 Å². The van der Waals surface area contributed by atoms with E-state index in [1.165, 1.54) is 17.7 Å². The minimum absolute atomic E-state index is 0.141. The number of carbonyl (C=O) groups is 1. The molecule has 2 aromatic rings. The van der Waals surface area contributed by atoms with Gasteiger partial charge >= 0.3 is 5.69 Å². The lowest BCUT2D eigenvalue weighted by Crippen LogP contribution is -2.30. The summed E-state index contributed by atoms with van der Waals surface area (Å²) in [6.07, 6.45) is 1.26. The first-order valence-corrected chi connectivity index (χ1v) is 5.06. The number of hydrogen-bond acceptors (Lipinski definition) is 5. The van der Waals surface area contributed by atoms with Gasteiger partial charge in [0.25, 0.3) is 0 Å². The fourth-order valence-corrected chi connectivity index (χ4v) is 1.47. The molecule has 8 heteroatoms. The Hall–Kier alpha value is -1.76. The third-order valence-electron chi connectivity index (χ3n) is 2.05. The molecule has 0 N–H and O–H groups in total. The van der Waals surface area contributed by atoms with Gasteiger partial charge in [-0.25, -0.2) is 14.2 Å². The Balaban J connectivity index is 2.69. The highest BCUT2D eigenvalue weighted by Gasteiger charge is 2.13. The number of nitrogens with zero attached hydrogens (tertiary/aromatic N) is 5. The van der Waals surface area contributed by atoms with Crippen molar-refractivity contribution in [2.24, 2.45) is 0 Å². The van der Waals surface area contributed by atoms with Crippen molar-refractivity contribution < 1.29 is 4.79 Å². The van der Waals surface area contributed by atoms with Gasteiger partial charge in [-0.2, -0.15) is 4.68 Å². The summed E-state index contributed by atoms with van der Waals surface area (Å²) in [5, 5.41) is 7.44. The quantitative estimate of drug-likeness (QED) is 0.546. The van der Waals surface area contributed by atoms with E-state index in [-0.39, 0.29) is 29.5 Å². The van der Waals surface area contributed by atoms with E-state index >= 15 is 0 Å². The molecule has 2 rings (SSSR count). The van der Waals surface area contributed by atoms with Crippen LogP contribution in [-0.4, -0.2) is 36.0 Å². The second kappa shape index (κ2) is 4.01. The molecule has 0 aliphatic heterocycles. The van der Waals surface area contributed by atoms with Crippen LogP contribution in [0.5, 0.6) is 0 Å². The number of carbonyl (C=O) groups excluding carboxylic acids is 1. The molecule has 0 radical (unpaired) electrons. The van der Waals surface area contributed by atoms with Crippen LogP contribution in [0.25, 0.3) is 5.65 Å². The Morgan fingerprint density at radius 1 is 1.56 bits per heavy atom. The molecule has 7 nitrogen and oxygen atoms in total. The Kier molecular flexibility index (Phi) is 2.69. The average molecular weight is 242 g/mol. The molecule has 0 saturated carbocycles. The molecule has 0 unspecified atom stereocenters. The van der Waals surface area contributed by atoms with Crippen molar-refractivity contribution in [1.82, 2.24) is 24.4 Å². The van der Waals surface area contributed by atoms with E-state index < -0.39 is 5.69 Å². The van der Waals surface area contributed by atoms with Gasteiger partial charge in [0.15, 0.2) is 17.1 Å². The van der Waals surface area contributed by atoms with Gasteiger partial charge in [0.05, 0.1) is 6.54 Å². The summed E-state index contributed by atoms with van der Waals surface area (Å²) >= 11 is 5.51. The summed E-state index contributed by atoms with van der Waals surface area (Å²) in [6, 6.07) is 0. The number of aryl methyl sites for hydroxylation is 1. The zero-order chi connectivity index (χ0) is 11.7. The normalized spacial score (nSPS) is 10.9. The molecule has 0 bridgehead atoms. The van der Waals surface area contributed by atoms with Crippen molar-refractivity contribution in [2.45, 2.75) is 13.5 Å². The Bertz CT molecular complexity index is 602. The van der Waals surface area contributed by atoms with Gasteiger partial charge in [0, 0.05) is 12.8 Å². The number of fused-ring (bicyclic) bond motifs is 1. The summed E-state index contributed by atoms with van der Waals surface area (Å²) in [4.78, 5) is 26.8. The van der Waals surface area contributed by atoms with Crippen molar-refractivity contribution in [3.8, 4) is 0 Å². The lowest BCUT2D eigenvalue weighted by Gasteiger charge is -2.00.